The van der Waals surface area contributed by atoms with Gasteiger partial charge in [0.05, 0.1) is 0 Å². The number of benzene rings is 1. The molecular formula is C18H24F2N2O2. The van der Waals surface area contributed by atoms with Crippen molar-refractivity contribution in [2.45, 2.75) is 25.8 Å². The van der Waals surface area contributed by atoms with Crippen LogP contribution in [0.5, 0.6) is 0 Å². The Labute approximate surface area is 141 Å². The van der Waals surface area contributed by atoms with E-state index in [4.69, 9.17) is 4.74 Å². The number of hydrogen-bond donors (Lipinski definition) is 0. The average Bonchev–Trinajstić information content (AvgIpc) is 2.96. The highest BCUT2D eigenvalue weighted by atomic mass is 19.2. The lowest BCUT2D eigenvalue weighted by molar-refractivity contribution is -0.134. The largest absolute Gasteiger partial charge is 0.375 e. The molecule has 0 bridgehead atoms. The number of rotatable bonds is 4. The summed E-state index contributed by atoms with van der Waals surface area (Å²) in [6, 6.07) is 4.34. The number of ether oxygens (including phenoxy) is 1. The minimum atomic E-state index is -0.795. The van der Waals surface area contributed by atoms with Crippen LogP contribution in [0.3, 0.4) is 0 Å². The molecule has 2 aliphatic rings. The molecule has 2 heterocycles. The van der Waals surface area contributed by atoms with E-state index in [1.54, 1.807) is 12.1 Å². The smallest absolute Gasteiger partial charge is 0.248 e. The Morgan fingerprint density at radius 3 is 2.88 bits per heavy atom. The first-order valence-corrected chi connectivity index (χ1v) is 8.45. The van der Waals surface area contributed by atoms with Crippen LogP contribution in [-0.4, -0.2) is 55.6 Å². The maximum absolute atomic E-state index is 13.9. The number of nitrogens with zero attached hydrogens (tertiary/aromatic N) is 2. The quantitative estimate of drug-likeness (QED) is 0.845. The molecule has 0 aromatic heterocycles. The van der Waals surface area contributed by atoms with Crippen molar-refractivity contribution in [2.24, 2.45) is 5.41 Å². The molecule has 2 saturated heterocycles. The number of carbonyl (C=O) groups is 1. The van der Waals surface area contributed by atoms with E-state index in [-0.39, 0.29) is 17.9 Å². The molecule has 1 spiro atoms. The summed E-state index contributed by atoms with van der Waals surface area (Å²) in [7, 11) is 1.53. The third kappa shape index (κ3) is 3.59. The summed E-state index contributed by atoms with van der Waals surface area (Å²) in [5, 5.41) is 0. The van der Waals surface area contributed by atoms with Gasteiger partial charge in [-0.1, -0.05) is 12.1 Å². The molecule has 1 amide bonds. The van der Waals surface area contributed by atoms with Gasteiger partial charge >= 0.3 is 0 Å². The molecule has 132 valence electrons. The molecule has 2 aliphatic heterocycles. The number of hydrogen-bond acceptors (Lipinski definition) is 3. The van der Waals surface area contributed by atoms with Crippen molar-refractivity contribution in [3.63, 3.8) is 0 Å². The highest BCUT2D eigenvalue weighted by Crippen LogP contribution is 2.39. The number of methoxy groups -OCH3 is 1. The van der Waals surface area contributed by atoms with Crippen LogP contribution in [0.25, 0.3) is 0 Å². The highest BCUT2D eigenvalue weighted by Gasteiger charge is 2.42. The topological polar surface area (TPSA) is 32.8 Å². The zero-order valence-corrected chi connectivity index (χ0v) is 14.1. The summed E-state index contributed by atoms with van der Waals surface area (Å²) < 4.78 is 32.2. The Bertz CT molecular complexity index is 611. The standard InChI is InChI=1S/C18H24F2N2O2/c1-24-11-16(23)22-9-7-18(13-22)6-3-8-21(12-18)10-14-4-2-5-15(19)17(14)20/h2,4-5H,3,6-13H2,1H3/t18-/m1/s1. The minimum Gasteiger partial charge on any atom is -0.375 e. The van der Waals surface area contributed by atoms with E-state index in [0.717, 1.165) is 51.5 Å². The lowest BCUT2D eigenvalue weighted by atomic mass is 9.79. The molecule has 0 N–H and O–H groups in total. The maximum atomic E-state index is 13.9. The van der Waals surface area contributed by atoms with Crippen LogP contribution in [0.15, 0.2) is 18.2 Å². The Balaban J connectivity index is 1.64. The van der Waals surface area contributed by atoms with Crippen molar-refractivity contribution in [3.8, 4) is 0 Å². The predicted molar refractivity (Wildman–Crippen MR) is 86.4 cm³/mol. The van der Waals surface area contributed by atoms with Gasteiger partial charge in [-0.05, 0) is 31.9 Å². The molecule has 2 fully saturated rings. The third-order valence-corrected chi connectivity index (χ3v) is 5.22. The van der Waals surface area contributed by atoms with Crippen LogP contribution in [-0.2, 0) is 16.1 Å². The molecule has 1 aromatic carbocycles. The van der Waals surface area contributed by atoms with E-state index in [1.807, 2.05) is 4.90 Å². The van der Waals surface area contributed by atoms with Gasteiger partial charge in [0.1, 0.15) is 6.61 Å². The second-order valence-corrected chi connectivity index (χ2v) is 7.03. The van der Waals surface area contributed by atoms with Gasteiger partial charge in [-0.15, -0.1) is 0 Å². The summed E-state index contributed by atoms with van der Waals surface area (Å²) in [6.07, 6.45) is 3.06. The molecule has 1 atom stereocenters. The Morgan fingerprint density at radius 1 is 1.25 bits per heavy atom. The number of piperidine rings is 1. The molecule has 3 rings (SSSR count). The Kier molecular flexibility index (Phi) is 5.15. The number of carbonyl (C=O) groups excluding carboxylic acids is 1. The minimum absolute atomic E-state index is 0.0303. The SMILES string of the molecule is COCC(=O)N1CC[C@@]2(CCCN(Cc3cccc(F)c3F)C2)C1. The van der Waals surface area contributed by atoms with Crippen LogP contribution in [0.2, 0.25) is 0 Å². The summed E-state index contributed by atoms with van der Waals surface area (Å²) in [4.78, 5) is 16.1. The second-order valence-electron chi connectivity index (χ2n) is 7.03. The zero-order chi connectivity index (χ0) is 17.2. The van der Waals surface area contributed by atoms with E-state index >= 15 is 0 Å². The Morgan fingerprint density at radius 2 is 2.08 bits per heavy atom. The summed E-state index contributed by atoms with van der Waals surface area (Å²) >= 11 is 0. The lowest BCUT2D eigenvalue weighted by Gasteiger charge is -2.40. The van der Waals surface area contributed by atoms with Crippen molar-refractivity contribution in [1.29, 1.82) is 0 Å². The first-order chi connectivity index (χ1) is 11.5. The van der Waals surface area contributed by atoms with Gasteiger partial charge < -0.3 is 9.64 Å². The normalized spacial score (nSPS) is 24.7. The summed E-state index contributed by atoms with van der Waals surface area (Å²) in [6.45, 7) is 3.72. The van der Waals surface area contributed by atoms with Crippen molar-refractivity contribution in [3.05, 3.63) is 35.4 Å². The number of likely N-dealkylation sites (tertiary alicyclic amines) is 2. The molecule has 0 saturated carbocycles. The van der Waals surface area contributed by atoms with E-state index < -0.39 is 11.6 Å². The van der Waals surface area contributed by atoms with E-state index in [2.05, 4.69) is 4.90 Å². The van der Waals surface area contributed by atoms with Crippen molar-refractivity contribution in [1.82, 2.24) is 9.80 Å². The highest BCUT2D eigenvalue weighted by molar-refractivity contribution is 5.77. The fourth-order valence-electron chi connectivity index (χ4n) is 4.05. The monoisotopic (exact) mass is 338 g/mol. The maximum Gasteiger partial charge on any atom is 0.248 e. The molecule has 4 nitrogen and oxygen atoms in total. The van der Waals surface area contributed by atoms with Gasteiger partial charge in [-0.2, -0.15) is 0 Å². The molecular weight excluding hydrogens is 314 g/mol. The Hall–Kier alpha value is -1.53. The fourth-order valence-corrected chi connectivity index (χ4v) is 4.05. The third-order valence-electron chi connectivity index (χ3n) is 5.22. The predicted octanol–water partition coefficient (Wildman–Crippen LogP) is 2.43. The lowest BCUT2D eigenvalue weighted by Crippen LogP contribution is -2.45. The number of amides is 1. The molecule has 0 unspecified atom stereocenters. The average molecular weight is 338 g/mol. The van der Waals surface area contributed by atoms with Crippen LogP contribution < -0.4 is 0 Å². The van der Waals surface area contributed by atoms with Crippen LogP contribution >= 0.6 is 0 Å². The van der Waals surface area contributed by atoms with Gasteiger partial charge in [0.2, 0.25) is 5.91 Å². The first kappa shape index (κ1) is 17.3. The van der Waals surface area contributed by atoms with Crippen LogP contribution in [0.1, 0.15) is 24.8 Å². The van der Waals surface area contributed by atoms with Gasteiger partial charge in [0.15, 0.2) is 11.6 Å². The van der Waals surface area contributed by atoms with Crippen LogP contribution in [0.4, 0.5) is 8.78 Å². The van der Waals surface area contributed by atoms with Crippen molar-refractivity contribution in [2.75, 3.05) is 39.9 Å². The molecule has 1 aromatic rings. The number of halogens is 2. The molecule has 24 heavy (non-hydrogen) atoms. The van der Waals surface area contributed by atoms with Crippen molar-refractivity contribution < 1.29 is 18.3 Å². The van der Waals surface area contributed by atoms with Gasteiger partial charge in [-0.25, -0.2) is 8.78 Å². The van der Waals surface area contributed by atoms with Crippen molar-refractivity contribution >= 4 is 5.91 Å². The molecule has 0 radical (unpaired) electrons. The van der Waals surface area contributed by atoms with E-state index in [1.165, 1.54) is 7.11 Å². The van der Waals surface area contributed by atoms with Gasteiger partial charge in [-0.3, -0.25) is 9.69 Å². The first-order valence-electron chi connectivity index (χ1n) is 8.45. The van der Waals surface area contributed by atoms with Gasteiger partial charge in [0, 0.05) is 44.3 Å². The summed E-state index contributed by atoms with van der Waals surface area (Å²) in [5.41, 5.74) is 0.475. The van der Waals surface area contributed by atoms with Crippen LogP contribution in [0, 0.1) is 17.0 Å². The second kappa shape index (κ2) is 7.15. The van der Waals surface area contributed by atoms with Gasteiger partial charge in [0.25, 0.3) is 0 Å². The zero-order valence-electron chi connectivity index (χ0n) is 14.1. The molecule has 6 heteroatoms. The molecule has 0 aliphatic carbocycles. The van der Waals surface area contributed by atoms with E-state index in [0.29, 0.717) is 12.1 Å². The van der Waals surface area contributed by atoms with E-state index in [9.17, 15) is 13.6 Å². The summed E-state index contributed by atoms with van der Waals surface area (Å²) in [5.74, 6) is -1.51. The fraction of sp³-hybridized carbons (Fsp3) is 0.611.